The smallest absolute Gasteiger partial charge is 0.335 e. The molecule has 0 aromatic heterocycles. The van der Waals surface area contributed by atoms with Crippen LogP contribution in [0.1, 0.15) is 40.9 Å². The third kappa shape index (κ3) is 4.22. The number of carbonyl (C=O) groups excluding carboxylic acids is 2. The van der Waals surface area contributed by atoms with Crippen molar-refractivity contribution in [3.05, 3.63) is 71.3 Å². The number of hydrogen-bond acceptors (Lipinski definition) is 3. The summed E-state index contributed by atoms with van der Waals surface area (Å²) in [6.07, 6.45) is 0.221. The zero-order valence-corrected chi connectivity index (χ0v) is 16.0. The highest BCUT2D eigenvalue weighted by Gasteiger charge is 2.38. The van der Waals surface area contributed by atoms with Crippen molar-refractivity contribution in [2.75, 3.05) is 13.6 Å². The van der Waals surface area contributed by atoms with Gasteiger partial charge in [-0.1, -0.05) is 42.5 Å². The first-order valence-corrected chi connectivity index (χ1v) is 9.28. The lowest BCUT2D eigenvalue weighted by Crippen LogP contribution is -2.35. The quantitative estimate of drug-likeness (QED) is 0.836. The molecule has 0 spiro atoms. The van der Waals surface area contributed by atoms with Gasteiger partial charge in [0.25, 0.3) is 0 Å². The van der Waals surface area contributed by atoms with Gasteiger partial charge in [-0.3, -0.25) is 9.59 Å². The van der Waals surface area contributed by atoms with Crippen LogP contribution in [0, 0.1) is 5.92 Å². The van der Waals surface area contributed by atoms with Crippen LogP contribution in [-0.2, 0) is 16.1 Å². The molecule has 3 rings (SSSR count). The van der Waals surface area contributed by atoms with E-state index in [2.05, 4.69) is 0 Å². The maximum atomic E-state index is 12.8. The molecule has 6 heteroatoms. The minimum Gasteiger partial charge on any atom is -0.478 e. The van der Waals surface area contributed by atoms with E-state index in [-0.39, 0.29) is 35.8 Å². The number of hydrogen-bond donors (Lipinski definition) is 1. The largest absolute Gasteiger partial charge is 0.478 e. The topological polar surface area (TPSA) is 77.9 Å². The number of rotatable bonds is 6. The Bertz CT molecular complexity index is 864. The van der Waals surface area contributed by atoms with E-state index in [0.29, 0.717) is 13.1 Å². The first-order valence-electron chi connectivity index (χ1n) is 9.28. The van der Waals surface area contributed by atoms with Gasteiger partial charge in [0, 0.05) is 26.6 Å². The van der Waals surface area contributed by atoms with Crippen LogP contribution in [0.2, 0.25) is 0 Å². The van der Waals surface area contributed by atoms with E-state index >= 15 is 0 Å². The third-order valence-corrected chi connectivity index (χ3v) is 5.25. The molecule has 1 N–H and O–H groups in total. The zero-order chi connectivity index (χ0) is 20.3. The van der Waals surface area contributed by atoms with Gasteiger partial charge >= 0.3 is 5.97 Å². The van der Waals surface area contributed by atoms with Crippen LogP contribution in [0.25, 0.3) is 0 Å². The molecule has 2 atom stereocenters. The van der Waals surface area contributed by atoms with Gasteiger partial charge in [-0.05, 0) is 30.2 Å². The van der Waals surface area contributed by atoms with Gasteiger partial charge in [-0.25, -0.2) is 4.79 Å². The third-order valence-electron chi connectivity index (χ3n) is 5.25. The lowest BCUT2D eigenvalue weighted by Gasteiger charge is -2.26. The van der Waals surface area contributed by atoms with Gasteiger partial charge in [0.05, 0.1) is 17.5 Å². The molecule has 1 saturated heterocycles. The van der Waals surface area contributed by atoms with Gasteiger partial charge in [-0.15, -0.1) is 0 Å². The molecule has 28 heavy (non-hydrogen) atoms. The summed E-state index contributed by atoms with van der Waals surface area (Å²) < 4.78 is 0. The number of carboxylic acid groups (broad SMARTS) is 1. The summed E-state index contributed by atoms with van der Waals surface area (Å²) in [5.74, 6) is -1.41. The van der Waals surface area contributed by atoms with Gasteiger partial charge < -0.3 is 14.9 Å². The maximum Gasteiger partial charge on any atom is 0.335 e. The number of aromatic carboxylic acids is 1. The average molecular weight is 380 g/mol. The Balaban J connectivity index is 1.62. The second-order valence-electron chi connectivity index (χ2n) is 7.23. The summed E-state index contributed by atoms with van der Waals surface area (Å²) in [5.41, 5.74) is 2.11. The first kappa shape index (κ1) is 19.6. The monoisotopic (exact) mass is 380 g/mol. The first-order chi connectivity index (χ1) is 13.4. The van der Waals surface area contributed by atoms with E-state index in [1.807, 2.05) is 37.3 Å². The summed E-state index contributed by atoms with van der Waals surface area (Å²) in [4.78, 5) is 39.6. The molecule has 6 nitrogen and oxygen atoms in total. The zero-order valence-electron chi connectivity index (χ0n) is 16.0. The highest BCUT2D eigenvalue weighted by atomic mass is 16.4. The summed E-state index contributed by atoms with van der Waals surface area (Å²) in [6.45, 7) is 2.77. The molecule has 2 amide bonds. The minimum absolute atomic E-state index is 0.00564. The predicted molar refractivity (Wildman–Crippen MR) is 105 cm³/mol. The Morgan fingerprint density at radius 2 is 1.79 bits per heavy atom. The minimum atomic E-state index is -0.979. The Hall–Kier alpha value is -3.15. The van der Waals surface area contributed by atoms with Crippen LogP contribution in [-0.4, -0.2) is 46.3 Å². The van der Waals surface area contributed by atoms with E-state index in [9.17, 15) is 14.4 Å². The molecule has 0 radical (unpaired) electrons. The summed E-state index contributed by atoms with van der Waals surface area (Å²) in [7, 11) is 1.71. The molecule has 0 bridgehead atoms. The molecule has 2 unspecified atom stereocenters. The molecule has 1 fully saturated rings. The van der Waals surface area contributed by atoms with Crippen LogP contribution in [0.3, 0.4) is 0 Å². The van der Waals surface area contributed by atoms with E-state index in [1.165, 1.54) is 12.1 Å². The van der Waals surface area contributed by atoms with E-state index in [1.54, 1.807) is 29.0 Å². The second kappa shape index (κ2) is 8.25. The highest BCUT2D eigenvalue weighted by Crippen LogP contribution is 2.29. The average Bonchev–Trinajstić information content (AvgIpc) is 3.09. The molecule has 1 aliphatic heterocycles. The van der Waals surface area contributed by atoms with Crippen molar-refractivity contribution in [1.29, 1.82) is 0 Å². The van der Waals surface area contributed by atoms with E-state index in [4.69, 9.17) is 5.11 Å². The number of likely N-dealkylation sites (tertiary alicyclic amines) is 1. The van der Waals surface area contributed by atoms with Gasteiger partial charge in [0.2, 0.25) is 11.8 Å². The highest BCUT2D eigenvalue weighted by molar-refractivity contribution is 5.89. The number of benzene rings is 2. The molecule has 1 aliphatic rings. The SMILES string of the molecule is CC(c1ccccc1)N1CC(C(=O)N(C)Cc2ccc(C(=O)O)cc2)CC1=O. The van der Waals surface area contributed by atoms with Crippen LogP contribution in [0.4, 0.5) is 0 Å². The van der Waals surface area contributed by atoms with Gasteiger partial charge in [0.1, 0.15) is 0 Å². The number of carboxylic acids is 1. The van der Waals surface area contributed by atoms with Crippen molar-refractivity contribution in [3.8, 4) is 0 Å². The normalized spacial score (nSPS) is 17.4. The van der Waals surface area contributed by atoms with E-state index in [0.717, 1.165) is 11.1 Å². The molecular weight excluding hydrogens is 356 g/mol. The molecule has 0 aliphatic carbocycles. The lowest BCUT2D eigenvalue weighted by atomic mass is 10.1. The summed E-state index contributed by atoms with van der Waals surface area (Å²) in [6, 6.07) is 16.2. The maximum absolute atomic E-state index is 12.8. The number of amides is 2. The van der Waals surface area contributed by atoms with Gasteiger partial charge in [-0.2, -0.15) is 0 Å². The van der Waals surface area contributed by atoms with Crippen molar-refractivity contribution < 1.29 is 19.5 Å². The summed E-state index contributed by atoms with van der Waals surface area (Å²) >= 11 is 0. The van der Waals surface area contributed by atoms with Crippen molar-refractivity contribution >= 4 is 17.8 Å². The van der Waals surface area contributed by atoms with Crippen LogP contribution < -0.4 is 0 Å². The van der Waals surface area contributed by atoms with Crippen molar-refractivity contribution in [2.45, 2.75) is 25.9 Å². The van der Waals surface area contributed by atoms with Crippen molar-refractivity contribution in [2.24, 2.45) is 5.92 Å². The Morgan fingerprint density at radius 3 is 2.39 bits per heavy atom. The Labute approximate surface area is 164 Å². The van der Waals surface area contributed by atoms with Crippen LogP contribution in [0.15, 0.2) is 54.6 Å². The second-order valence-corrected chi connectivity index (χ2v) is 7.23. The number of nitrogens with zero attached hydrogens (tertiary/aromatic N) is 2. The molecule has 2 aromatic rings. The Morgan fingerprint density at radius 1 is 1.14 bits per heavy atom. The molecule has 2 aromatic carbocycles. The molecular formula is C22H24N2O4. The fraction of sp³-hybridized carbons (Fsp3) is 0.318. The number of carbonyl (C=O) groups is 3. The van der Waals surface area contributed by atoms with Crippen LogP contribution >= 0.6 is 0 Å². The van der Waals surface area contributed by atoms with Crippen molar-refractivity contribution in [3.63, 3.8) is 0 Å². The Kier molecular flexibility index (Phi) is 5.78. The molecule has 0 saturated carbocycles. The van der Waals surface area contributed by atoms with E-state index < -0.39 is 5.97 Å². The fourth-order valence-electron chi connectivity index (χ4n) is 3.60. The fourth-order valence-corrected chi connectivity index (χ4v) is 3.60. The molecule has 146 valence electrons. The predicted octanol–water partition coefficient (Wildman–Crippen LogP) is 2.95. The molecule has 1 heterocycles. The van der Waals surface area contributed by atoms with Crippen molar-refractivity contribution in [1.82, 2.24) is 9.80 Å². The summed E-state index contributed by atoms with van der Waals surface area (Å²) in [5, 5.41) is 8.97. The standard InChI is InChI=1S/C22H24N2O4/c1-15(17-6-4-3-5-7-17)24-14-19(12-20(24)25)21(26)23(2)13-16-8-10-18(11-9-16)22(27)28/h3-11,15,19H,12-14H2,1-2H3,(H,27,28). The van der Waals surface area contributed by atoms with Crippen LogP contribution in [0.5, 0.6) is 0 Å². The van der Waals surface area contributed by atoms with Gasteiger partial charge in [0.15, 0.2) is 0 Å². The lowest BCUT2D eigenvalue weighted by molar-refractivity contribution is -0.135.